The first-order valence-corrected chi connectivity index (χ1v) is 6.23. The molecule has 0 radical (unpaired) electrons. The third kappa shape index (κ3) is 3.17. The molecule has 0 saturated carbocycles. The Bertz CT molecular complexity index is 579. The summed E-state index contributed by atoms with van der Waals surface area (Å²) in [5.74, 6) is -0.159. The molecule has 1 amide bonds. The molecule has 1 heterocycles. The van der Waals surface area contributed by atoms with Crippen LogP contribution >= 0.6 is 0 Å². The Labute approximate surface area is 116 Å². The number of halogens is 1. The number of likely N-dealkylation sites (N-methyl/N-ethyl adjacent to an activating group) is 1. The summed E-state index contributed by atoms with van der Waals surface area (Å²) in [6.07, 6.45) is 0. The van der Waals surface area contributed by atoms with Gasteiger partial charge in [-0.1, -0.05) is 12.1 Å². The van der Waals surface area contributed by atoms with Crippen molar-refractivity contribution < 1.29 is 9.18 Å². The Hall–Kier alpha value is -2.31. The Morgan fingerprint density at radius 1 is 1.45 bits per heavy atom. The minimum Gasteiger partial charge on any atom is -0.341 e. The van der Waals surface area contributed by atoms with E-state index in [1.54, 1.807) is 20.0 Å². The Morgan fingerprint density at radius 2 is 2.20 bits per heavy atom. The molecule has 1 aromatic carbocycles. The molecule has 1 N–H and O–H groups in total. The van der Waals surface area contributed by atoms with Gasteiger partial charge in [0, 0.05) is 25.1 Å². The van der Waals surface area contributed by atoms with Gasteiger partial charge in [-0.2, -0.15) is 5.21 Å². The minimum atomic E-state index is -0.409. The molecule has 0 aliphatic rings. The molecule has 7 heteroatoms. The average Bonchev–Trinajstić information content (AvgIpc) is 2.90. The summed E-state index contributed by atoms with van der Waals surface area (Å²) in [4.78, 5) is 13.8. The zero-order chi connectivity index (χ0) is 14.7. The van der Waals surface area contributed by atoms with E-state index in [0.717, 1.165) is 0 Å². The van der Waals surface area contributed by atoms with Gasteiger partial charge >= 0.3 is 0 Å². The van der Waals surface area contributed by atoms with Crippen LogP contribution in [0.3, 0.4) is 0 Å². The molecule has 0 aliphatic carbocycles. The molecule has 0 spiro atoms. The Kier molecular flexibility index (Phi) is 4.07. The number of aryl methyl sites for hydroxylation is 1. The second-order valence-electron chi connectivity index (χ2n) is 4.87. The summed E-state index contributed by atoms with van der Waals surface area (Å²) >= 11 is 0. The fourth-order valence-corrected chi connectivity index (χ4v) is 2.03. The van der Waals surface area contributed by atoms with Gasteiger partial charge in [0.1, 0.15) is 5.82 Å². The number of amides is 1. The zero-order valence-electron chi connectivity index (χ0n) is 11.6. The van der Waals surface area contributed by atoms with E-state index in [1.807, 2.05) is 6.92 Å². The summed E-state index contributed by atoms with van der Waals surface area (Å²) in [6, 6.07) is 4.30. The number of H-pyrrole nitrogens is 1. The van der Waals surface area contributed by atoms with Crippen LogP contribution in [0.1, 0.15) is 34.6 Å². The summed E-state index contributed by atoms with van der Waals surface area (Å²) in [7, 11) is 1.67. The van der Waals surface area contributed by atoms with Crippen molar-refractivity contribution in [3.63, 3.8) is 0 Å². The highest BCUT2D eigenvalue weighted by Gasteiger charge is 2.18. The molecule has 2 rings (SSSR count). The molecule has 0 aliphatic heterocycles. The van der Waals surface area contributed by atoms with Crippen molar-refractivity contribution in [2.75, 3.05) is 13.6 Å². The molecule has 106 valence electrons. The maximum Gasteiger partial charge on any atom is 0.253 e. The van der Waals surface area contributed by atoms with Crippen LogP contribution in [-0.2, 0) is 0 Å². The highest BCUT2D eigenvalue weighted by atomic mass is 19.1. The first-order valence-electron chi connectivity index (χ1n) is 6.23. The molecule has 1 atom stereocenters. The van der Waals surface area contributed by atoms with Gasteiger partial charge in [-0.3, -0.25) is 4.79 Å². The molecule has 0 fully saturated rings. The number of aromatic nitrogens is 4. The number of hydrogen-bond donors (Lipinski definition) is 1. The number of carbonyl (C=O) groups is 1. The second kappa shape index (κ2) is 5.77. The van der Waals surface area contributed by atoms with E-state index in [4.69, 9.17) is 0 Å². The predicted octanol–water partition coefficient (Wildman–Crippen LogP) is 1.52. The van der Waals surface area contributed by atoms with Gasteiger partial charge in [-0.15, -0.1) is 10.2 Å². The fraction of sp³-hybridized carbons (Fsp3) is 0.385. The summed E-state index contributed by atoms with van der Waals surface area (Å²) in [5.41, 5.74) is 1.05. The Balaban J connectivity index is 2.08. The molecule has 1 aromatic heterocycles. The number of rotatable bonds is 4. The summed E-state index contributed by atoms with van der Waals surface area (Å²) in [6.45, 7) is 4.07. The van der Waals surface area contributed by atoms with E-state index in [0.29, 0.717) is 23.5 Å². The smallest absolute Gasteiger partial charge is 0.253 e. The first kappa shape index (κ1) is 14.1. The molecule has 0 unspecified atom stereocenters. The van der Waals surface area contributed by atoms with Crippen molar-refractivity contribution in [2.45, 2.75) is 19.8 Å². The number of aromatic amines is 1. The van der Waals surface area contributed by atoms with Crippen LogP contribution in [-0.4, -0.2) is 45.0 Å². The van der Waals surface area contributed by atoms with Crippen molar-refractivity contribution in [1.82, 2.24) is 25.5 Å². The molecule has 0 saturated heterocycles. The van der Waals surface area contributed by atoms with Gasteiger partial charge < -0.3 is 4.90 Å². The van der Waals surface area contributed by atoms with Crippen molar-refractivity contribution in [1.29, 1.82) is 0 Å². The number of benzene rings is 1. The first-order chi connectivity index (χ1) is 9.47. The van der Waals surface area contributed by atoms with E-state index in [9.17, 15) is 9.18 Å². The number of carbonyl (C=O) groups excluding carboxylic acids is 1. The highest BCUT2D eigenvalue weighted by molar-refractivity contribution is 5.94. The third-order valence-corrected chi connectivity index (χ3v) is 2.99. The van der Waals surface area contributed by atoms with Crippen LogP contribution in [0.15, 0.2) is 18.2 Å². The van der Waals surface area contributed by atoms with Gasteiger partial charge in [-0.25, -0.2) is 4.39 Å². The molecule has 6 nitrogen and oxygen atoms in total. The van der Waals surface area contributed by atoms with Gasteiger partial charge in [0.15, 0.2) is 5.82 Å². The monoisotopic (exact) mass is 277 g/mol. The van der Waals surface area contributed by atoms with Crippen molar-refractivity contribution in [3.05, 3.63) is 41.0 Å². The number of hydrogen-bond acceptors (Lipinski definition) is 4. The summed E-state index contributed by atoms with van der Waals surface area (Å²) in [5, 5.41) is 13.6. The lowest BCUT2D eigenvalue weighted by Gasteiger charge is -2.20. The van der Waals surface area contributed by atoms with Crippen LogP contribution in [0.2, 0.25) is 0 Å². The lowest BCUT2D eigenvalue weighted by molar-refractivity contribution is 0.0786. The fourth-order valence-electron chi connectivity index (χ4n) is 2.03. The van der Waals surface area contributed by atoms with Gasteiger partial charge in [0.05, 0.1) is 0 Å². The van der Waals surface area contributed by atoms with Crippen LogP contribution in [0.25, 0.3) is 0 Å². The van der Waals surface area contributed by atoms with E-state index in [-0.39, 0.29) is 11.8 Å². The lowest BCUT2D eigenvalue weighted by Crippen LogP contribution is -2.30. The zero-order valence-corrected chi connectivity index (χ0v) is 11.6. The van der Waals surface area contributed by atoms with Crippen molar-refractivity contribution >= 4 is 5.91 Å². The normalized spacial score (nSPS) is 12.2. The standard InChI is InChI=1S/C13H16FN5O/c1-8-4-10(6-11(14)5-8)13(20)19(3)7-9(2)12-15-17-18-16-12/h4-6,9H,7H2,1-3H3,(H,15,16,17,18)/t9-/m0/s1. The van der Waals surface area contributed by atoms with Crippen LogP contribution < -0.4 is 0 Å². The third-order valence-electron chi connectivity index (χ3n) is 2.99. The Morgan fingerprint density at radius 3 is 2.80 bits per heavy atom. The van der Waals surface area contributed by atoms with Gasteiger partial charge in [0.2, 0.25) is 0 Å². The number of nitrogens with zero attached hydrogens (tertiary/aromatic N) is 4. The average molecular weight is 277 g/mol. The van der Waals surface area contributed by atoms with E-state index in [2.05, 4.69) is 20.6 Å². The lowest BCUT2D eigenvalue weighted by atomic mass is 10.1. The quantitative estimate of drug-likeness (QED) is 0.919. The minimum absolute atomic E-state index is 0.0580. The van der Waals surface area contributed by atoms with Crippen LogP contribution in [0.4, 0.5) is 4.39 Å². The van der Waals surface area contributed by atoms with E-state index < -0.39 is 5.82 Å². The maximum absolute atomic E-state index is 13.3. The van der Waals surface area contributed by atoms with Crippen LogP contribution in [0, 0.1) is 12.7 Å². The van der Waals surface area contributed by atoms with Crippen LogP contribution in [0.5, 0.6) is 0 Å². The summed E-state index contributed by atoms with van der Waals surface area (Å²) < 4.78 is 13.3. The molecule has 20 heavy (non-hydrogen) atoms. The van der Waals surface area contributed by atoms with Crippen molar-refractivity contribution in [3.8, 4) is 0 Å². The van der Waals surface area contributed by atoms with Gasteiger partial charge in [0.25, 0.3) is 5.91 Å². The molecular weight excluding hydrogens is 261 g/mol. The maximum atomic E-state index is 13.3. The number of nitrogens with one attached hydrogen (secondary N) is 1. The molecule has 0 bridgehead atoms. The molecular formula is C13H16FN5O. The molecule has 2 aromatic rings. The topological polar surface area (TPSA) is 74.8 Å². The highest BCUT2D eigenvalue weighted by Crippen LogP contribution is 2.14. The van der Waals surface area contributed by atoms with E-state index in [1.165, 1.54) is 17.0 Å². The van der Waals surface area contributed by atoms with Crippen molar-refractivity contribution in [2.24, 2.45) is 0 Å². The van der Waals surface area contributed by atoms with Gasteiger partial charge in [-0.05, 0) is 30.7 Å². The number of tetrazole rings is 1. The largest absolute Gasteiger partial charge is 0.341 e. The second-order valence-corrected chi connectivity index (χ2v) is 4.87. The SMILES string of the molecule is Cc1cc(F)cc(C(=O)N(C)C[C@H](C)c2nn[nH]n2)c1. The predicted molar refractivity (Wildman–Crippen MR) is 70.7 cm³/mol. The van der Waals surface area contributed by atoms with E-state index >= 15 is 0 Å².